The Hall–Kier alpha value is -2.84. The van der Waals surface area contributed by atoms with Crippen LogP contribution in [0.25, 0.3) is 0 Å². The standard InChI is InChI=1S/C23H24N2O4S2/c1-28-19-9-7-16(8-10-19)20(26)15-31-23-25-18(14-30-23)13-22(27)24-12-11-17-5-3-4-6-21(17)29-2/h3-10,14H,11-13,15H2,1-2H3,(H,24,27). The van der Waals surface area contributed by atoms with Crippen molar-refractivity contribution >= 4 is 34.8 Å². The Morgan fingerprint density at radius 3 is 2.58 bits per heavy atom. The smallest absolute Gasteiger partial charge is 0.226 e. The van der Waals surface area contributed by atoms with E-state index in [4.69, 9.17) is 9.47 Å². The number of rotatable bonds is 11. The van der Waals surface area contributed by atoms with Gasteiger partial charge >= 0.3 is 0 Å². The van der Waals surface area contributed by atoms with Gasteiger partial charge in [-0.2, -0.15) is 0 Å². The maximum atomic E-state index is 12.3. The van der Waals surface area contributed by atoms with E-state index in [9.17, 15) is 9.59 Å². The summed E-state index contributed by atoms with van der Waals surface area (Å²) in [5.74, 6) is 1.78. The van der Waals surface area contributed by atoms with Crippen molar-refractivity contribution < 1.29 is 19.1 Å². The minimum atomic E-state index is -0.0777. The van der Waals surface area contributed by atoms with Gasteiger partial charge in [0.25, 0.3) is 0 Å². The van der Waals surface area contributed by atoms with Crippen molar-refractivity contribution in [1.82, 2.24) is 10.3 Å². The number of para-hydroxylation sites is 1. The van der Waals surface area contributed by atoms with E-state index in [-0.39, 0.29) is 18.1 Å². The van der Waals surface area contributed by atoms with Gasteiger partial charge in [0.2, 0.25) is 5.91 Å². The lowest BCUT2D eigenvalue weighted by molar-refractivity contribution is -0.120. The molecule has 0 radical (unpaired) electrons. The van der Waals surface area contributed by atoms with Gasteiger partial charge < -0.3 is 14.8 Å². The second-order valence-corrected chi connectivity index (χ2v) is 8.71. The molecule has 0 aliphatic rings. The molecule has 0 aliphatic carbocycles. The monoisotopic (exact) mass is 456 g/mol. The van der Waals surface area contributed by atoms with Crippen LogP contribution in [0.1, 0.15) is 21.6 Å². The Bertz CT molecular complexity index is 1020. The van der Waals surface area contributed by atoms with Gasteiger partial charge in [0.15, 0.2) is 10.1 Å². The Kier molecular flexibility index (Phi) is 8.49. The second kappa shape index (κ2) is 11.5. The topological polar surface area (TPSA) is 77.5 Å². The second-order valence-electron chi connectivity index (χ2n) is 6.63. The number of thioether (sulfide) groups is 1. The molecule has 3 rings (SSSR count). The molecule has 1 N–H and O–H groups in total. The normalized spacial score (nSPS) is 10.5. The molecule has 0 spiro atoms. The molecule has 0 saturated heterocycles. The number of ether oxygens (including phenoxy) is 2. The molecule has 1 amide bonds. The molecule has 1 heterocycles. The number of hydrogen-bond acceptors (Lipinski definition) is 7. The van der Waals surface area contributed by atoms with Crippen LogP contribution >= 0.6 is 23.1 Å². The number of carbonyl (C=O) groups is 2. The van der Waals surface area contributed by atoms with E-state index in [1.807, 2.05) is 29.6 Å². The SMILES string of the molecule is COc1ccc(C(=O)CSc2nc(CC(=O)NCCc3ccccc3OC)cs2)cc1. The molecule has 8 heteroatoms. The molecule has 0 atom stereocenters. The van der Waals surface area contributed by atoms with E-state index in [0.29, 0.717) is 30.0 Å². The molecule has 1 aromatic heterocycles. The Balaban J connectivity index is 1.42. The number of carbonyl (C=O) groups excluding carboxylic acids is 2. The van der Waals surface area contributed by atoms with Crippen LogP contribution in [0.2, 0.25) is 0 Å². The molecule has 2 aromatic carbocycles. The summed E-state index contributed by atoms with van der Waals surface area (Å²) in [6.45, 7) is 0.529. The van der Waals surface area contributed by atoms with E-state index in [1.165, 1.54) is 23.1 Å². The molecule has 0 bridgehead atoms. The fourth-order valence-corrected chi connectivity index (χ4v) is 4.64. The van der Waals surface area contributed by atoms with Gasteiger partial charge in [-0.15, -0.1) is 11.3 Å². The van der Waals surface area contributed by atoms with Crippen molar-refractivity contribution in [2.75, 3.05) is 26.5 Å². The molecular weight excluding hydrogens is 432 g/mol. The third-order valence-corrected chi connectivity index (χ3v) is 6.59. The summed E-state index contributed by atoms with van der Waals surface area (Å²) in [6.07, 6.45) is 0.913. The van der Waals surface area contributed by atoms with Crippen LogP contribution in [0.4, 0.5) is 0 Å². The van der Waals surface area contributed by atoms with Gasteiger partial charge in [-0.25, -0.2) is 4.98 Å². The number of hydrogen-bond donors (Lipinski definition) is 1. The van der Waals surface area contributed by atoms with Crippen molar-refractivity contribution in [2.24, 2.45) is 0 Å². The summed E-state index contributed by atoms with van der Waals surface area (Å²) in [5.41, 5.74) is 2.40. The third kappa shape index (κ3) is 6.83. The molecule has 0 fully saturated rings. The van der Waals surface area contributed by atoms with Gasteiger partial charge in [0.05, 0.1) is 32.1 Å². The zero-order chi connectivity index (χ0) is 22.1. The lowest BCUT2D eigenvalue weighted by atomic mass is 10.1. The van der Waals surface area contributed by atoms with Gasteiger partial charge in [-0.05, 0) is 42.3 Å². The van der Waals surface area contributed by atoms with E-state index < -0.39 is 0 Å². The maximum Gasteiger partial charge on any atom is 0.226 e. The predicted octanol–water partition coefficient (Wildman–Crippen LogP) is 4.04. The quantitative estimate of drug-likeness (QED) is 0.347. The molecule has 6 nitrogen and oxygen atoms in total. The number of aromatic nitrogens is 1. The van der Waals surface area contributed by atoms with Crippen LogP contribution < -0.4 is 14.8 Å². The van der Waals surface area contributed by atoms with Crippen molar-refractivity contribution in [3.8, 4) is 11.5 Å². The minimum Gasteiger partial charge on any atom is -0.497 e. The fraction of sp³-hybridized carbons (Fsp3) is 0.261. The highest BCUT2D eigenvalue weighted by atomic mass is 32.2. The first-order valence-electron chi connectivity index (χ1n) is 9.72. The molecule has 3 aromatic rings. The first kappa shape index (κ1) is 22.8. The highest BCUT2D eigenvalue weighted by Crippen LogP contribution is 2.24. The number of nitrogens with one attached hydrogen (secondary N) is 1. The number of amides is 1. The summed E-state index contributed by atoms with van der Waals surface area (Å²) >= 11 is 2.82. The summed E-state index contributed by atoms with van der Waals surface area (Å²) < 4.78 is 11.2. The Morgan fingerprint density at radius 1 is 1.06 bits per heavy atom. The summed E-state index contributed by atoms with van der Waals surface area (Å²) in [5, 5.41) is 4.78. The largest absolute Gasteiger partial charge is 0.497 e. The number of nitrogens with zero attached hydrogens (tertiary/aromatic N) is 1. The van der Waals surface area contributed by atoms with Crippen LogP contribution in [-0.2, 0) is 17.6 Å². The van der Waals surface area contributed by atoms with E-state index in [1.54, 1.807) is 38.5 Å². The van der Waals surface area contributed by atoms with Crippen molar-refractivity contribution in [3.63, 3.8) is 0 Å². The number of benzene rings is 2. The number of Topliss-reactive ketones (excluding diaryl/α,β-unsaturated/α-hetero) is 1. The molecule has 0 unspecified atom stereocenters. The van der Waals surface area contributed by atoms with Crippen LogP contribution in [0.3, 0.4) is 0 Å². The number of methoxy groups -OCH3 is 2. The predicted molar refractivity (Wildman–Crippen MR) is 124 cm³/mol. The Labute approximate surface area is 190 Å². The van der Waals surface area contributed by atoms with Crippen molar-refractivity contribution in [2.45, 2.75) is 17.2 Å². The van der Waals surface area contributed by atoms with Crippen LogP contribution in [0, 0.1) is 0 Å². The first-order chi connectivity index (χ1) is 15.1. The van der Waals surface area contributed by atoms with Crippen molar-refractivity contribution in [1.29, 1.82) is 0 Å². The summed E-state index contributed by atoms with van der Waals surface area (Å²) in [7, 11) is 3.23. The maximum absolute atomic E-state index is 12.3. The van der Waals surface area contributed by atoms with E-state index >= 15 is 0 Å². The highest BCUT2D eigenvalue weighted by Gasteiger charge is 2.11. The zero-order valence-electron chi connectivity index (χ0n) is 17.4. The third-order valence-electron chi connectivity index (χ3n) is 4.52. The van der Waals surface area contributed by atoms with Crippen LogP contribution in [0.15, 0.2) is 58.3 Å². The van der Waals surface area contributed by atoms with Gasteiger partial charge in [0.1, 0.15) is 11.5 Å². The minimum absolute atomic E-state index is 0.0264. The molecule has 162 valence electrons. The van der Waals surface area contributed by atoms with Crippen LogP contribution in [0.5, 0.6) is 11.5 Å². The lowest BCUT2D eigenvalue weighted by Gasteiger charge is -2.08. The van der Waals surface area contributed by atoms with E-state index in [0.717, 1.165) is 21.4 Å². The average Bonchev–Trinajstić information content (AvgIpc) is 3.25. The van der Waals surface area contributed by atoms with Crippen LogP contribution in [-0.4, -0.2) is 43.2 Å². The lowest BCUT2D eigenvalue weighted by Crippen LogP contribution is -2.27. The number of thiazole rings is 1. The van der Waals surface area contributed by atoms with Gasteiger partial charge in [-0.1, -0.05) is 30.0 Å². The first-order valence-corrected chi connectivity index (χ1v) is 11.6. The highest BCUT2D eigenvalue weighted by molar-refractivity contribution is 8.01. The zero-order valence-corrected chi connectivity index (χ0v) is 19.1. The average molecular weight is 457 g/mol. The molecule has 31 heavy (non-hydrogen) atoms. The van der Waals surface area contributed by atoms with E-state index in [2.05, 4.69) is 10.3 Å². The molecule has 0 aliphatic heterocycles. The summed E-state index contributed by atoms with van der Waals surface area (Å²) in [4.78, 5) is 29.0. The van der Waals surface area contributed by atoms with Gasteiger partial charge in [0, 0.05) is 17.5 Å². The van der Waals surface area contributed by atoms with Crippen molar-refractivity contribution in [3.05, 3.63) is 70.7 Å². The summed E-state index contributed by atoms with van der Waals surface area (Å²) in [6, 6.07) is 14.8. The molecule has 0 saturated carbocycles. The Morgan fingerprint density at radius 2 is 1.84 bits per heavy atom. The fourth-order valence-electron chi connectivity index (χ4n) is 2.90. The number of ketones is 1. The molecular formula is C23H24N2O4S2. The van der Waals surface area contributed by atoms with Gasteiger partial charge in [-0.3, -0.25) is 9.59 Å².